The summed E-state index contributed by atoms with van der Waals surface area (Å²) in [5.74, 6) is 0.765. The highest BCUT2D eigenvalue weighted by Gasteiger charge is 2.23. The quantitative estimate of drug-likeness (QED) is 0.746. The molecule has 0 amide bonds. The van der Waals surface area contributed by atoms with Gasteiger partial charge in [-0.2, -0.15) is 0 Å². The van der Waals surface area contributed by atoms with Crippen molar-refractivity contribution < 1.29 is 4.84 Å². The molecule has 1 atom stereocenters. The molecule has 2 aromatic carbocycles. The van der Waals surface area contributed by atoms with Gasteiger partial charge in [-0.25, -0.2) is 15.3 Å². The number of hydrogen-bond acceptors (Lipinski definition) is 3. The third kappa shape index (κ3) is 1.78. The zero-order valence-corrected chi connectivity index (χ0v) is 10.7. The number of fused-ring (bicyclic) bond motifs is 1. The van der Waals surface area contributed by atoms with Gasteiger partial charge in [0.2, 0.25) is 6.23 Å². The first-order chi connectivity index (χ1) is 9.92. The Morgan fingerprint density at radius 1 is 0.950 bits per heavy atom. The van der Waals surface area contributed by atoms with Gasteiger partial charge in [0.05, 0.1) is 0 Å². The minimum atomic E-state index is -0.318. The monoisotopic (exact) mass is 263 g/mol. The fourth-order valence-corrected chi connectivity index (χ4v) is 2.44. The number of nitrogens with one attached hydrogen (secondary N) is 2. The first kappa shape index (κ1) is 11.3. The Balaban J connectivity index is 1.73. The van der Waals surface area contributed by atoms with Crippen LogP contribution in [0.2, 0.25) is 0 Å². The molecular weight excluding hydrogens is 250 g/mol. The molecule has 1 aliphatic rings. The van der Waals surface area contributed by atoms with E-state index in [2.05, 4.69) is 21.5 Å². The zero-order valence-electron chi connectivity index (χ0n) is 10.7. The number of nitrogens with zero attached hydrogens (tertiary/aromatic N) is 1. The fourth-order valence-electron chi connectivity index (χ4n) is 2.44. The molecule has 2 N–H and O–H groups in total. The van der Waals surface area contributed by atoms with E-state index in [9.17, 15) is 0 Å². The zero-order chi connectivity index (χ0) is 13.4. The van der Waals surface area contributed by atoms with Crippen molar-refractivity contribution in [2.75, 3.05) is 0 Å². The van der Waals surface area contributed by atoms with E-state index in [1.807, 2.05) is 54.7 Å². The predicted octanol–water partition coefficient (Wildman–Crippen LogP) is 3.15. The lowest BCUT2D eigenvalue weighted by molar-refractivity contribution is 0.0386. The maximum atomic E-state index is 5.60. The van der Waals surface area contributed by atoms with E-state index >= 15 is 0 Å². The van der Waals surface area contributed by atoms with E-state index in [4.69, 9.17) is 4.84 Å². The number of aliphatic imine (C=N–C) groups is 1. The van der Waals surface area contributed by atoms with E-state index in [-0.39, 0.29) is 6.23 Å². The lowest BCUT2D eigenvalue weighted by Crippen LogP contribution is -2.17. The maximum Gasteiger partial charge on any atom is 0.204 e. The largest absolute Gasteiger partial charge is 0.361 e. The Bertz CT molecular complexity index is 777. The summed E-state index contributed by atoms with van der Waals surface area (Å²) >= 11 is 0. The second-order valence-electron chi connectivity index (χ2n) is 4.71. The van der Waals surface area contributed by atoms with E-state index in [0.717, 1.165) is 27.9 Å². The van der Waals surface area contributed by atoms with Crippen molar-refractivity contribution in [3.63, 3.8) is 0 Å². The van der Waals surface area contributed by atoms with Gasteiger partial charge in [-0.1, -0.05) is 48.5 Å². The molecule has 98 valence electrons. The predicted molar refractivity (Wildman–Crippen MR) is 78.2 cm³/mol. The highest BCUT2D eigenvalue weighted by atomic mass is 16.7. The number of aromatic amines is 1. The van der Waals surface area contributed by atoms with Gasteiger partial charge in [0, 0.05) is 28.2 Å². The first-order valence-corrected chi connectivity index (χ1v) is 6.53. The minimum Gasteiger partial charge on any atom is -0.361 e. The number of hydrogen-bond donors (Lipinski definition) is 2. The lowest BCUT2D eigenvalue weighted by atomic mass is 10.1. The van der Waals surface area contributed by atoms with Crippen molar-refractivity contribution in [2.24, 2.45) is 4.99 Å². The first-order valence-electron chi connectivity index (χ1n) is 6.53. The van der Waals surface area contributed by atoms with E-state index < -0.39 is 0 Å². The molecule has 0 radical (unpaired) electrons. The van der Waals surface area contributed by atoms with E-state index in [1.54, 1.807) is 0 Å². The van der Waals surface area contributed by atoms with Crippen LogP contribution in [0.1, 0.15) is 17.4 Å². The summed E-state index contributed by atoms with van der Waals surface area (Å²) in [7, 11) is 0. The normalized spacial score (nSPS) is 18.0. The number of H-pyrrole nitrogens is 1. The third-order valence-electron chi connectivity index (χ3n) is 3.45. The second-order valence-corrected chi connectivity index (χ2v) is 4.71. The summed E-state index contributed by atoms with van der Waals surface area (Å²) < 4.78 is 0. The fraction of sp³-hybridized carbons (Fsp3) is 0.0625. The van der Waals surface area contributed by atoms with Gasteiger partial charge in [0.25, 0.3) is 0 Å². The second kappa shape index (κ2) is 4.51. The van der Waals surface area contributed by atoms with Gasteiger partial charge in [-0.15, -0.1) is 0 Å². The van der Waals surface area contributed by atoms with Crippen LogP contribution in [0.15, 0.2) is 65.8 Å². The molecule has 0 saturated heterocycles. The summed E-state index contributed by atoms with van der Waals surface area (Å²) in [5.41, 5.74) is 6.07. The number of rotatable bonds is 2. The number of benzene rings is 2. The molecule has 2 heterocycles. The average Bonchev–Trinajstić information content (AvgIpc) is 3.14. The molecule has 4 nitrogen and oxygen atoms in total. The van der Waals surface area contributed by atoms with Crippen LogP contribution in [-0.4, -0.2) is 10.8 Å². The van der Waals surface area contributed by atoms with Crippen molar-refractivity contribution in [3.8, 4) is 0 Å². The van der Waals surface area contributed by atoms with Crippen molar-refractivity contribution in [3.05, 3.63) is 71.9 Å². The molecule has 1 aliphatic heterocycles. The Kier molecular flexibility index (Phi) is 2.54. The summed E-state index contributed by atoms with van der Waals surface area (Å²) in [4.78, 5) is 13.5. The molecule has 4 rings (SSSR count). The number of para-hydroxylation sites is 1. The lowest BCUT2D eigenvalue weighted by Gasteiger charge is -2.03. The molecule has 0 bridgehead atoms. The molecule has 0 aliphatic carbocycles. The number of amidine groups is 1. The minimum absolute atomic E-state index is 0.318. The van der Waals surface area contributed by atoms with Crippen molar-refractivity contribution in [2.45, 2.75) is 6.23 Å². The van der Waals surface area contributed by atoms with Gasteiger partial charge >= 0.3 is 0 Å². The van der Waals surface area contributed by atoms with Crippen LogP contribution in [0.3, 0.4) is 0 Å². The van der Waals surface area contributed by atoms with Gasteiger partial charge in [0.15, 0.2) is 5.84 Å². The molecule has 3 aromatic rings. The topological polar surface area (TPSA) is 49.4 Å². The molecule has 4 heteroatoms. The van der Waals surface area contributed by atoms with E-state index in [0.29, 0.717) is 0 Å². The van der Waals surface area contributed by atoms with Crippen LogP contribution >= 0.6 is 0 Å². The van der Waals surface area contributed by atoms with Crippen LogP contribution in [0, 0.1) is 0 Å². The highest BCUT2D eigenvalue weighted by molar-refractivity contribution is 5.99. The summed E-state index contributed by atoms with van der Waals surface area (Å²) in [6.45, 7) is 0. The van der Waals surface area contributed by atoms with Gasteiger partial charge in [-0.3, -0.25) is 0 Å². The van der Waals surface area contributed by atoms with Crippen molar-refractivity contribution in [1.29, 1.82) is 0 Å². The standard InChI is InChI=1S/C16H13N3O/c1-2-6-11(7-3-1)15-18-16(20-19-15)13-10-17-14-9-5-4-8-12(13)14/h1-10,16-17H,(H,18,19). The van der Waals surface area contributed by atoms with Gasteiger partial charge < -0.3 is 4.98 Å². The van der Waals surface area contributed by atoms with E-state index in [1.165, 1.54) is 0 Å². The van der Waals surface area contributed by atoms with Crippen molar-refractivity contribution >= 4 is 16.7 Å². The van der Waals surface area contributed by atoms with Crippen LogP contribution < -0.4 is 5.48 Å². The summed E-state index contributed by atoms with van der Waals surface area (Å²) in [6.07, 6.45) is 1.63. The van der Waals surface area contributed by atoms with Crippen LogP contribution in [0.25, 0.3) is 10.9 Å². The summed E-state index contributed by atoms with van der Waals surface area (Å²) in [6, 6.07) is 18.1. The summed E-state index contributed by atoms with van der Waals surface area (Å²) in [5, 5.41) is 1.14. The number of aromatic nitrogens is 1. The average molecular weight is 263 g/mol. The molecule has 1 aromatic heterocycles. The number of hydroxylamine groups is 1. The van der Waals surface area contributed by atoms with Crippen LogP contribution in [0.5, 0.6) is 0 Å². The van der Waals surface area contributed by atoms with Crippen LogP contribution in [0.4, 0.5) is 0 Å². The highest BCUT2D eigenvalue weighted by Crippen LogP contribution is 2.29. The Hall–Kier alpha value is -2.59. The van der Waals surface area contributed by atoms with Crippen molar-refractivity contribution in [1.82, 2.24) is 10.5 Å². The third-order valence-corrected chi connectivity index (χ3v) is 3.45. The SMILES string of the molecule is c1ccc(C2=NC(c3c[nH]c4ccccc34)ON2)cc1. The molecule has 1 unspecified atom stereocenters. The smallest absolute Gasteiger partial charge is 0.204 e. The van der Waals surface area contributed by atoms with Gasteiger partial charge in [0.1, 0.15) is 0 Å². The Morgan fingerprint density at radius 3 is 2.65 bits per heavy atom. The maximum absolute atomic E-state index is 5.60. The molecule has 0 spiro atoms. The van der Waals surface area contributed by atoms with Crippen LogP contribution in [-0.2, 0) is 4.84 Å². The molecule has 0 fully saturated rings. The van der Waals surface area contributed by atoms with Gasteiger partial charge in [-0.05, 0) is 6.07 Å². The molecule has 0 saturated carbocycles. The Labute approximate surface area is 116 Å². The molecule has 20 heavy (non-hydrogen) atoms. The Morgan fingerprint density at radius 2 is 1.75 bits per heavy atom. The molecular formula is C16H13N3O.